The van der Waals surface area contributed by atoms with E-state index in [1.165, 1.54) is 0 Å². The van der Waals surface area contributed by atoms with Crippen LogP contribution in [0.1, 0.15) is 6.92 Å². The highest BCUT2D eigenvalue weighted by molar-refractivity contribution is 5.41. The molecule has 3 nitrogen and oxygen atoms in total. The zero-order valence-electron chi connectivity index (χ0n) is 8.82. The maximum atomic E-state index is 5.84. The van der Waals surface area contributed by atoms with Gasteiger partial charge in [-0.05, 0) is 19.1 Å². The van der Waals surface area contributed by atoms with Gasteiger partial charge in [-0.15, -0.1) is 6.58 Å². The van der Waals surface area contributed by atoms with Gasteiger partial charge in [-0.2, -0.15) is 0 Å². The minimum Gasteiger partial charge on any atom is -0.484 e. The van der Waals surface area contributed by atoms with Gasteiger partial charge in [-0.1, -0.05) is 18.2 Å². The van der Waals surface area contributed by atoms with Gasteiger partial charge in [-0.3, -0.25) is 5.32 Å². The minimum atomic E-state index is -0.470. The van der Waals surface area contributed by atoms with Crippen molar-refractivity contribution in [2.45, 2.75) is 12.6 Å². The van der Waals surface area contributed by atoms with Crippen LogP contribution in [0.25, 0.3) is 0 Å². The number of nitrogens with one attached hydrogen (secondary N) is 1. The van der Waals surface area contributed by atoms with Crippen LogP contribution in [0.5, 0.6) is 11.5 Å². The molecular formula is C12H15NO2. The lowest BCUT2D eigenvalue weighted by Crippen LogP contribution is -2.54. The van der Waals surface area contributed by atoms with Gasteiger partial charge in [0.2, 0.25) is 0 Å². The molecule has 0 bridgehead atoms. The second-order valence-corrected chi connectivity index (χ2v) is 3.74. The predicted molar refractivity (Wildman–Crippen MR) is 59.2 cm³/mol. The van der Waals surface area contributed by atoms with Gasteiger partial charge >= 0.3 is 0 Å². The van der Waals surface area contributed by atoms with E-state index in [1.807, 2.05) is 31.2 Å². The number of fused-ring (bicyclic) bond motifs is 1. The van der Waals surface area contributed by atoms with Crippen LogP contribution in [0.4, 0.5) is 0 Å². The van der Waals surface area contributed by atoms with Gasteiger partial charge in [0.1, 0.15) is 6.61 Å². The molecule has 0 aromatic heterocycles. The second-order valence-electron chi connectivity index (χ2n) is 3.74. The molecule has 1 atom stereocenters. The molecule has 0 saturated heterocycles. The van der Waals surface area contributed by atoms with E-state index < -0.39 is 5.72 Å². The largest absolute Gasteiger partial charge is 0.484 e. The molecule has 0 spiro atoms. The smallest absolute Gasteiger partial charge is 0.192 e. The van der Waals surface area contributed by atoms with Crippen molar-refractivity contribution in [3.8, 4) is 11.5 Å². The lowest BCUT2D eigenvalue weighted by molar-refractivity contribution is -0.0179. The number of benzene rings is 1. The number of rotatable bonds is 3. The number of hydrogen-bond acceptors (Lipinski definition) is 3. The van der Waals surface area contributed by atoms with E-state index in [2.05, 4.69) is 11.9 Å². The zero-order valence-corrected chi connectivity index (χ0v) is 8.82. The molecule has 1 N–H and O–H groups in total. The summed E-state index contributed by atoms with van der Waals surface area (Å²) in [5.41, 5.74) is -0.470. The van der Waals surface area contributed by atoms with Crippen LogP contribution in [-0.2, 0) is 0 Å². The lowest BCUT2D eigenvalue weighted by atomic mass is 10.2. The summed E-state index contributed by atoms with van der Waals surface area (Å²) in [7, 11) is 0. The van der Waals surface area contributed by atoms with Crippen LogP contribution in [0.3, 0.4) is 0 Å². The topological polar surface area (TPSA) is 30.5 Å². The first-order valence-electron chi connectivity index (χ1n) is 5.00. The summed E-state index contributed by atoms with van der Waals surface area (Å²) in [6, 6.07) is 7.67. The Kier molecular flexibility index (Phi) is 2.64. The van der Waals surface area contributed by atoms with E-state index >= 15 is 0 Å². The van der Waals surface area contributed by atoms with Crippen LogP contribution in [0.2, 0.25) is 0 Å². The third-order valence-corrected chi connectivity index (χ3v) is 2.31. The van der Waals surface area contributed by atoms with Crippen molar-refractivity contribution in [3.63, 3.8) is 0 Å². The van der Waals surface area contributed by atoms with Gasteiger partial charge in [0.25, 0.3) is 0 Å². The van der Waals surface area contributed by atoms with Crippen molar-refractivity contribution in [2.75, 3.05) is 13.2 Å². The van der Waals surface area contributed by atoms with Crippen LogP contribution in [0.15, 0.2) is 36.9 Å². The third-order valence-electron chi connectivity index (χ3n) is 2.31. The Hall–Kier alpha value is -1.48. The summed E-state index contributed by atoms with van der Waals surface area (Å²) in [6.45, 7) is 6.82. The molecule has 0 fully saturated rings. The van der Waals surface area contributed by atoms with Crippen LogP contribution in [0, 0.1) is 0 Å². The van der Waals surface area contributed by atoms with E-state index in [9.17, 15) is 0 Å². The van der Waals surface area contributed by atoms with Crippen LogP contribution < -0.4 is 14.8 Å². The van der Waals surface area contributed by atoms with E-state index in [0.29, 0.717) is 13.2 Å². The molecule has 0 saturated carbocycles. The van der Waals surface area contributed by atoms with E-state index in [-0.39, 0.29) is 0 Å². The molecule has 0 radical (unpaired) electrons. The highest BCUT2D eigenvalue weighted by Crippen LogP contribution is 2.33. The van der Waals surface area contributed by atoms with Gasteiger partial charge in [0.15, 0.2) is 17.2 Å². The first-order chi connectivity index (χ1) is 7.23. The van der Waals surface area contributed by atoms with Crippen molar-refractivity contribution in [1.82, 2.24) is 5.32 Å². The Balaban J connectivity index is 2.13. The van der Waals surface area contributed by atoms with Crippen molar-refractivity contribution < 1.29 is 9.47 Å². The molecular weight excluding hydrogens is 190 g/mol. The molecule has 1 aromatic rings. The number of para-hydroxylation sites is 2. The predicted octanol–water partition coefficient (Wildman–Crippen LogP) is 1.95. The minimum absolute atomic E-state index is 0.470. The first kappa shape index (κ1) is 10.1. The maximum absolute atomic E-state index is 5.84. The molecule has 0 amide bonds. The highest BCUT2D eigenvalue weighted by atomic mass is 16.6. The standard InChI is InChI=1S/C12H15NO2/c1-3-8-13-12(2)9-14-10-6-4-5-7-11(10)15-12/h3-7,13H,1,8-9H2,2H3. The van der Waals surface area contributed by atoms with Crippen molar-refractivity contribution in [3.05, 3.63) is 36.9 Å². The highest BCUT2D eigenvalue weighted by Gasteiger charge is 2.31. The molecule has 1 heterocycles. The fourth-order valence-electron chi connectivity index (χ4n) is 1.52. The molecule has 15 heavy (non-hydrogen) atoms. The number of ether oxygens (including phenoxy) is 2. The summed E-state index contributed by atoms with van der Waals surface area (Å²) < 4.78 is 11.5. The van der Waals surface area contributed by atoms with Crippen molar-refractivity contribution in [2.24, 2.45) is 0 Å². The Morgan fingerprint density at radius 3 is 2.93 bits per heavy atom. The molecule has 80 valence electrons. The lowest BCUT2D eigenvalue weighted by Gasteiger charge is -2.35. The van der Waals surface area contributed by atoms with Gasteiger partial charge in [-0.25, -0.2) is 0 Å². The van der Waals surface area contributed by atoms with Crippen molar-refractivity contribution >= 4 is 0 Å². The molecule has 1 aliphatic rings. The molecule has 2 rings (SSSR count). The average Bonchev–Trinajstić information content (AvgIpc) is 2.26. The van der Waals surface area contributed by atoms with Crippen molar-refractivity contribution in [1.29, 1.82) is 0 Å². The van der Waals surface area contributed by atoms with Gasteiger partial charge < -0.3 is 9.47 Å². The normalized spacial score (nSPS) is 23.5. The fraction of sp³-hybridized carbons (Fsp3) is 0.333. The van der Waals surface area contributed by atoms with E-state index in [4.69, 9.17) is 9.47 Å². The van der Waals surface area contributed by atoms with E-state index in [1.54, 1.807) is 6.08 Å². The monoisotopic (exact) mass is 205 g/mol. The summed E-state index contributed by atoms with van der Waals surface area (Å²) in [5, 5.41) is 3.22. The third kappa shape index (κ3) is 2.13. The molecule has 1 aliphatic heterocycles. The van der Waals surface area contributed by atoms with Crippen LogP contribution >= 0.6 is 0 Å². The maximum Gasteiger partial charge on any atom is 0.192 e. The summed E-state index contributed by atoms with van der Waals surface area (Å²) in [6.07, 6.45) is 1.80. The Morgan fingerprint density at radius 2 is 2.20 bits per heavy atom. The Bertz CT molecular complexity index is 364. The molecule has 1 unspecified atom stereocenters. The number of hydrogen-bond donors (Lipinski definition) is 1. The molecule has 3 heteroatoms. The average molecular weight is 205 g/mol. The Labute approximate surface area is 89.7 Å². The zero-order chi connectivity index (χ0) is 10.7. The SMILES string of the molecule is C=CCNC1(C)COc2ccccc2O1. The fourth-order valence-corrected chi connectivity index (χ4v) is 1.52. The molecule has 0 aliphatic carbocycles. The van der Waals surface area contributed by atoms with Gasteiger partial charge in [0.05, 0.1) is 0 Å². The second kappa shape index (κ2) is 3.95. The van der Waals surface area contributed by atoms with Gasteiger partial charge in [0, 0.05) is 6.54 Å². The quantitative estimate of drug-likeness (QED) is 0.765. The summed E-state index contributed by atoms with van der Waals surface area (Å²) >= 11 is 0. The Morgan fingerprint density at radius 1 is 1.47 bits per heavy atom. The van der Waals surface area contributed by atoms with Crippen LogP contribution in [-0.4, -0.2) is 18.9 Å². The first-order valence-corrected chi connectivity index (χ1v) is 5.00. The van der Waals surface area contributed by atoms with E-state index in [0.717, 1.165) is 11.5 Å². The molecule has 1 aromatic carbocycles. The summed E-state index contributed by atoms with van der Waals surface area (Å²) in [4.78, 5) is 0. The summed E-state index contributed by atoms with van der Waals surface area (Å²) in [5.74, 6) is 1.58.